The van der Waals surface area contributed by atoms with Crippen molar-refractivity contribution >= 4 is 17.7 Å². The summed E-state index contributed by atoms with van der Waals surface area (Å²) in [6.45, 7) is 2.82. The molecule has 0 heterocycles. The molecule has 0 aliphatic heterocycles. The topological polar surface area (TPSA) is 104 Å². The third kappa shape index (κ3) is 6.25. The fourth-order valence-corrected chi connectivity index (χ4v) is 0.996. The maximum absolute atomic E-state index is 10.6. The normalized spacial score (nSPS) is 13.1. The van der Waals surface area contributed by atoms with Crippen LogP contribution in [0, 0.1) is 0 Å². The Kier molecular flexibility index (Phi) is 5.08. The van der Waals surface area contributed by atoms with E-state index in [9.17, 15) is 14.4 Å². The molecule has 0 unspecified atom stereocenters. The number of hydrogen-bond acceptors (Lipinski definition) is 4. The number of carbonyl (C=O) groups is 3. The highest BCUT2D eigenvalue weighted by Gasteiger charge is 2.20. The van der Waals surface area contributed by atoms with Gasteiger partial charge in [0.2, 0.25) is 0 Å². The summed E-state index contributed by atoms with van der Waals surface area (Å²) in [5.41, 5.74) is 0.330. The van der Waals surface area contributed by atoms with Gasteiger partial charge in [0, 0.05) is 5.70 Å². The molecule has 0 rings (SSSR count). The second-order valence-electron chi connectivity index (χ2n) is 3.07. The number of rotatable bonds is 6. The summed E-state index contributed by atoms with van der Waals surface area (Å²) >= 11 is 0. The maximum atomic E-state index is 10.6. The van der Waals surface area contributed by atoms with Crippen LogP contribution in [0.5, 0.6) is 0 Å². The average Bonchev–Trinajstić information content (AvgIpc) is 1.99. The Hall–Kier alpha value is -1.85. The fraction of sp³-hybridized carbons (Fsp3) is 0.444. The second kappa shape index (κ2) is 5.79. The molecule has 0 aliphatic rings. The van der Waals surface area contributed by atoms with E-state index >= 15 is 0 Å². The molecule has 0 aliphatic carbocycles. The standard InChI is InChI=1S/C9H13NO5/c1-5(3-6(2)11)10-7(9(14)15)4-8(12)13/h3,7,10H,4H2,1-2H3,(H,12,13)(H,14,15)/t7-/m0/s1. The minimum absolute atomic E-state index is 0.237. The fourth-order valence-electron chi connectivity index (χ4n) is 0.996. The monoisotopic (exact) mass is 215 g/mol. The lowest BCUT2D eigenvalue weighted by Gasteiger charge is -2.13. The summed E-state index contributed by atoms with van der Waals surface area (Å²) in [5.74, 6) is -2.72. The third-order valence-electron chi connectivity index (χ3n) is 1.50. The van der Waals surface area contributed by atoms with E-state index in [1.165, 1.54) is 19.9 Å². The van der Waals surface area contributed by atoms with Crippen molar-refractivity contribution in [1.29, 1.82) is 0 Å². The molecule has 3 N–H and O–H groups in total. The van der Waals surface area contributed by atoms with Crippen LogP contribution in [-0.2, 0) is 14.4 Å². The van der Waals surface area contributed by atoms with Crippen molar-refractivity contribution in [2.45, 2.75) is 26.3 Å². The number of carboxylic acids is 2. The van der Waals surface area contributed by atoms with Crippen LogP contribution in [0.4, 0.5) is 0 Å². The van der Waals surface area contributed by atoms with Gasteiger partial charge in [-0.25, -0.2) is 4.79 Å². The Bertz CT molecular complexity index is 308. The number of hydrogen-bond donors (Lipinski definition) is 3. The highest BCUT2D eigenvalue weighted by Crippen LogP contribution is 1.97. The van der Waals surface area contributed by atoms with Crippen LogP contribution in [0.2, 0.25) is 0 Å². The minimum atomic E-state index is -1.27. The Morgan fingerprint density at radius 2 is 1.80 bits per heavy atom. The van der Waals surface area contributed by atoms with Gasteiger partial charge >= 0.3 is 11.9 Å². The van der Waals surface area contributed by atoms with Gasteiger partial charge in [0.15, 0.2) is 5.78 Å². The molecule has 1 atom stereocenters. The molecule has 0 bridgehead atoms. The number of ketones is 1. The van der Waals surface area contributed by atoms with E-state index in [1.807, 2.05) is 0 Å². The van der Waals surface area contributed by atoms with Gasteiger partial charge in [-0.1, -0.05) is 0 Å². The first-order valence-electron chi connectivity index (χ1n) is 4.23. The molecule has 6 nitrogen and oxygen atoms in total. The van der Waals surface area contributed by atoms with Crippen LogP contribution < -0.4 is 5.32 Å². The van der Waals surface area contributed by atoms with E-state index in [4.69, 9.17) is 10.2 Å². The molecule has 0 aromatic heterocycles. The lowest BCUT2D eigenvalue weighted by molar-refractivity contribution is -0.145. The van der Waals surface area contributed by atoms with Crippen molar-refractivity contribution in [1.82, 2.24) is 5.32 Å². The van der Waals surface area contributed by atoms with Gasteiger partial charge in [-0.15, -0.1) is 0 Å². The Balaban J connectivity index is 4.48. The van der Waals surface area contributed by atoms with Crippen LogP contribution in [0.15, 0.2) is 11.8 Å². The first-order chi connectivity index (χ1) is 6.82. The first kappa shape index (κ1) is 13.2. The summed E-state index contributed by atoms with van der Waals surface area (Å²) in [4.78, 5) is 31.6. The number of aliphatic carboxylic acids is 2. The number of nitrogens with one attached hydrogen (secondary N) is 1. The molecular formula is C9H13NO5. The molecule has 0 fully saturated rings. The van der Waals surface area contributed by atoms with E-state index < -0.39 is 24.4 Å². The quantitative estimate of drug-likeness (QED) is 0.538. The van der Waals surface area contributed by atoms with Crippen LogP contribution in [0.3, 0.4) is 0 Å². The third-order valence-corrected chi connectivity index (χ3v) is 1.50. The highest BCUT2D eigenvalue weighted by atomic mass is 16.4. The number of allylic oxidation sites excluding steroid dienone is 2. The molecule has 15 heavy (non-hydrogen) atoms. The Morgan fingerprint density at radius 3 is 2.13 bits per heavy atom. The van der Waals surface area contributed by atoms with Gasteiger partial charge in [-0.3, -0.25) is 9.59 Å². The summed E-state index contributed by atoms with van der Waals surface area (Å²) in [6, 6.07) is -1.22. The van der Waals surface area contributed by atoms with Crippen molar-refractivity contribution in [2.24, 2.45) is 0 Å². The molecule has 0 saturated heterocycles. The molecule has 84 valence electrons. The molecule has 0 radical (unpaired) electrons. The number of carbonyl (C=O) groups excluding carboxylic acids is 1. The van der Waals surface area contributed by atoms with Crippen molar-refractivity contribution in [3.8, 4) is 0 Å². The maximum Gasteiger partial charge on any atom is 0.326 e. The van der Waals surface area contributed by atoms with Crippen LogP contribution in [0.25, 0.3) is 0 Å². The summed E-state index contributed by atoms with van der Waals surface area (Å²) in [7, 11) is 0. The zero-order valence-corrected chi connectivity index (χ0v) is 8.48. The highest BCUT2D eigenvalue weighted by molar-refractivity contribution is 5.88. The van der Waals surface area contributed by atoms with Gasteiger partial charge in [-0.2, -0.15) is 0 Å². The van der Waals surface area contributed by atoms with Crippen LogP contribution >= 0.6 is 0 Å². The average molecular weight is 215 g/mol. The van der Waals surface area contributed by atoms with Crippen LogP contribution in [0.1, 0.15) is 20.3 Å². The largest absolute Gasteiger partial charge is 0.481 e. The van der Waals surface area contributed by atoms with Gasteiger partial charge in [0.05, 0.1) is 6.42 Å². The van der Waals surface area contributed by atoms with Gasteiger partial charge < -0.3 is 15.5 Å². The van der Waals surface area contributed by atoms with Crippen molar-refractivity contribution in [3.05, 3.63) is 11.8 Å². The molecule has 6 heteroatoms. The number of carboxylic acid groups (broad SMARTS) is 2. The smallest absolute Gasteiger partial charge is 0.326 e. The van der Waals surface area contributed by atoms with Gasteiger partial charge in [-0.05, 0) is 19.9 Å². The predicted molar refractivity (Wildman–Crippen MR) is 51.3 cm³/mol. The molecule has 0 amide bonds. The van der Waals surface area contributed by atoms with E-state index in [-0.39, 0.29) is 5.78 Å². The Morgan fingerprint density at radius 1 is 1.27 bits per heavy atom. The van der Waals surface area contributed by atoms with E-state index in [1.54, 1.807) is 0 Å². The summed E-state index contributed by atoms with van der Waals surface area (Å²) < 4.78 is 0. The molecule has 0 aromatic rings. The molecule has 0 saturated carbocycles. The van der Waals surface area contributed by atoms with E-state index in [2.05, 4.69) is 5.32 Å². The molecule has 0 aromatic carbocycles. The van der Waals surface area contributed by atoms with Gasteiger partial charge in [0.25, 0.3) is 0 Å². The van der Waals surface area contributed by atoms with Crippen LogP contribution in [-0.4, -0.2) is 34.0 Å². The molecular weight excluding hydrogens is 202 g/mol. The SMILES string of the molecule is CC(=O)C=C(C)N[C@@H](CC(=O)O)C(=O)O. The van der Waals surface area contributed by atoms with Crippen molar-refractivity contribution < 1.29 is 24.6 Å². The second-order valence-corrected chi connectivity index (χ2v) is 3.07. The first-order valence-corrected chi connectivity index (χ1v) is 4.23. The summed E-state index contributed by atoms with van der Waals surface area (Å²) in [6.07, 6.45) is 0.663. The van der Waals surface area contributed by atoms with Crippen molar-refractivity contribution in [2.75, 3.05) is 0 Å². The Labute approximate surface area is 86.6 Å². The van der Waals surface area contributed by atoms with E-state index in [0.29, 0.717) is 5.70 Å². The zero-order chi connectivity index (χ0) is 12.0. The van der Waals surface area contributed by atoms with Crippen molar-refractivity contribution in [3.63, 3.8) is 0 Å². The molecule has 0 spiro atoms. The van der Waals surface area contributed by atoms with Gasteiger partial charge in [0.1, 0.15) is 6.04 Å². The summed E-state index contributed by atoms with van der Waals surface area (Å²) in [5, 5.41) is 19.5. The predicted octanol–water partition coefficient (Wildman–Crippen LogP) is -0.00330. The lowest BCUT2D eigenvalue weighted by Crippen LogP contribution is -2.37. The zero-order valence-electron chi connectivity index (χ0n) is 8.48. The lowest BCUT2D eigenvalue weighted by atomic mass is 10.2. The van der Waals surface area contributed by atoms with E-state index in [0.717, 1.165) is 0 Å². The minimum Gasteiger partial charge on any atom is -0.481 e.